The van der Waals surface area contributed by atoms with Gasteiger partial charge >= 0.3 is 0 Å². The summed E-state index contributed by atoms with van der Waals surface area (Å²) in [7, 11) is 0. The third-order valence-electron chi connectivity index (χ3n) is 6.78. The molecule has 5 heterocycles. The first-order valence-electron chi connectivity index (χ1n) is 10.2. The molecule has 0 saturated carbocycles. The van der Waals surface area contributed by atoms with Crippen molar-refractivity contribution in [2.24, 2.45) is 11.8 Å². The number of nitrogens with zero attached hydrogens (tertiary/aromatic N) is 4. The molecule has 4 atom stereocenters. The van der Waals surface area contributed by atoms with Crippen LogP contribution >= 0.6 is 11.3 Å². The molecule has 4 saturated heterocycles. The Morgan fingerprint density at radius 1 is 1.19 bits per heavy atom. The van der Waals surface area contributed by atoms with E-state index in [1.165, 1.54) is 0 Å². The molecule has 4 aliphatic rings. The van der Waals surface area contributed by atoms with Gasteiger partial charge in [-0.3, -0.25) is 9.59 Å². The van der Waals surface area contributed by atoms with Crippen LogP contribution in [0.25, 0.3) is 0 Å². The molecule has 1 aromatic heterocycles. The number of piperazine rings is 1. The lowest BCUT2D eigenvalue weighted by molar-refractivity contribution is -0.162. The number of amides is 2. The molecule has 27 heavy (non-hydrogen) atoms. The number of hydrogen-bond donors (Lipinski definition) is 1. The Morgan fingerprint density at radius 2 is 2.00 bits per heavy atom. The van der Waals surface area contributed by atoms with Crippen molar-refractivity contribution in [3.63, 3.8) is 0 Å². The van der Waals surface area contributed by atoms with Crippen molar-refractivity contribution in [2.45, 2.75) is 37.8 Å². The summed E-state index contributed by atoms with van der Waals surface area (Å²) >= 11 is 1.64. The summed E-state index contributed by atoms with van der Waals surface area (Å²) in [6.45, 7) is 4.89. The Kier molecular flexibility index (Phi) is 4.55. The van der Waals surface area contributed by atoms with E-state index < -0.39 is 0 Å². The van der Waals surface area contributed by atoms with Gasteiger partial charge in [0.1, 0.15) is 6.04 Å². The van der Waals surface area contributed by atoms with Gasteiger partial charge in [-0.25, -0.2) is 4.98 Å². The zero-order valence-electron chi connectivity index (χ0n) is 15.5. The van der Waals surface area contributed by atoms with E-state index in [0.29, 0.717) is 25.4 Å². The van der Waals surface area contributed by atoms with Crippen LogP contribution in [0.5, 0.6) is 0 Å². The number of anilines is 1. The third kappa shape index (κ3) is 3.02. The maximum atomic E-state index is 13.5. The predicted molar refractivity (Wildman–Crippen MR) is 104 cm³/mol. The number of rotatable bonds is 2. The van der Waals surface area contributed by atoms with Crippen molar-refractivity contribution in [3.05, 3.63) is 11.6 Å². The zero-order chi connectivity index (χ0) is 18.4. The SMILES string of the molecule is O=C([C@H]1[C@@H]2CNC[C@@H](C2)[C@@H]2CCCC(=O)N21)N1CCN(c2nccs2)CC1. The summed E-state index contributed by atoms with van der Waals surface area (Å²) in [5.41, 5.74) is 0. The fourth-order valence-electron chi connectivity index (χ4n) is 5.51. The summed E-state index contributed by atoms with van der Waals surface area (Å²) in [5.74, 6) is 1.13. The highest BCUT2D eigenvalue weighted by molar-refractivity contribution is 7.13. The van der Waals surface area contributed by atoms with Gasteiger partial charge in [0.2, 0.25) is 11.8 Å². The standard InChI is InChI=1S/C19H27N5O2S/c25-16-3-1-2-15-13-10-14(12-20-11-13)17(24(15)16)18(26)22-5-7-23(8-6-22)19-21-4-9-27-19/h4,9,13-15,17,20H,1-3,5-8,10-12H2/t13-,14+,15+,17-/m1/s1. The van der Waals surface area contributed by atoms with Crippen LogP contribution in [0.1, 0.15) is 25.7 Å². The van der Waals surface area contributed by atoms with Crippen LogP contribution in [0, 0.1) is 11.8 Å². The minimum Gasteiger partial charge on any atom is -0.345 e. The Morgan fingerprint density at radius 3 is 2.78 bits per heavy atom. The van der Waals surface area contributed by atoms with Crippen LogP contribution in [-0.4, -0.2) is 78.0 Å². The highest BCUT2D eigenvalue weighted by Gasteiger charge is 2.51. The topological polar surface area (TPSA) is 68.8 Å². The summed E-state index contributed by atoms with van der Waals surface area (Å²) in [4.78, 5) is 36.9. The smallest absolute Gasteiger partial charge is 0.245 e. The molecule has 2 bridgehead atoms. The van der Waals surface area contributed by atoms with Gasteiger partial charge in [0.05, 0.1) is 0 Å². The monoisotopic (exact) mass is 389 g/mol. The van der Waals surface area contributed by atoms with Gasteiger partial charge in [0.15, 0.2) is 5.13 Å². The summed E-state index contributed by atoms with van der Waals surface area (Å²) in [6.07, 6.45) is 5.52. The van der Waals surface area contributed by atoms with E-state index >= 15 is 0 Å². The molecule has 0 radical (unpaired) electrons. The van der Waals surface area contributed by atoms with E-state index in [2.05, 4.69) is 15.2 Å². The van der Waals surface area contributed by atoms with E-state index in [-0.39, 0.29) is 29.8 Å². The van der Waals surface area contributed by atoms with E-state index in [4.69, 9.17) is 0 Å². The highest BCUT2D eigenvalue weighted by Crippen LogP contribution is 2.40. The van der Waals surface area contributed by atoms with Gasteiger partial charge in [-0.05, 0) is 31.7 Å². The van der Waals surface area contributed by atoms with Crippen LogP contribution in [-0.2, 0) is 9.59 Å². The average Bonchev–Trinajstić information content (AvgIpc) is 3.24. The second-order valence-electron chi connectivity index (χ2n) is 8.25. The van der Waals surface area contributed by atoms with E-state index in [1.54, 1.807) is 11.3 Å². The van der Waals surface area contributed by atoms with Crippen molar-refractivity contribution in [1.29, 1.82) is 0 Å². The molecular weight excluding hydrogens is 362 g/mol. The van der Waals surface area contributed by atoms with Crippen LogP contribution in [0.2, 0.25) is 0 Å². The van der Waals surface area contributed by atoms with E-state index in [1.807, 2.05) is 21.4 Å². The lowest BCUT2D eigenvalue weighted by Crippen LogP contribution is -2.69. The number of carbonyl (C=O) groups excluding carboxylic acids is 2. The van der Waals surface area contributed by atoms with Crippen molar-refractivity contribution in [1.82, 2.24) is 20.1 Å². The molecule has 8 heteroatoms. The fraction of sp³-hybridized carbons (Fsp3) is 0.737. The summed E-state index contributed by atoms with van der Waals surface area (Å²) < 4.78 is 0. The van der Waals surface area contributed by atoms with Gasteiger partial charge in [0, 0.05) is 62.7 Å². The van der Waals surface area contributed by atoms with Gasteiger partial charge in [-0.15, -0.1) is 11.3 Å². The zero-order valence-corrected chi connectivity index (χ0v) is 16.4. The molecule has 7 nitrogen and oxygen atoms in total. The Balaban J connectivity index is 1.33. The fourth-order valence-corrected chi connectivity index (χ4v) is 6.20. The molecule has 4 fully saturated rings. The Hall–Kier alpha value is -1.67. The number of fused-ring (bicyclic) bond motifs is 4. The van der Waals surface area contributed by atoms with Gasteiger partial charge in [0.25, 0.3) is 0 Å². The minimum atomic E-state index is -0.265. The molecule has 0 spiro atoms. The Bertz CT molecular complexity index is 703. The van der Waals surface area contributed by atoms with Crippen LogP contribution in [0.15, 0.2) is 11.6 Å². The first kappa shape index (κ1) is 17.4. The minimum absolute atomic E-state index is 0.168. The van der Waals surface area contributed by atoms with Crippen molar-refractivity contribution in [3.8, 4) is 0 Å². The molecule has 0 aromatic carbocycles. The number of piperidine rings is 3. The average molecular weight is 390 g/mol. The number of aromatic nitrogens is 1. The molecule has 0 unspecified atom stereocenters. The van der Waals surface area contributed by atoms with Gasteiger partial charge in [-0.2, -0.15) is 0 Å². The van der Waals surface area contributed by atoms with Crippen LogP contribution in [0.3, 0.4) is 0 Å². The number of thiazole rings is 1. The maximum Gasteiger partial charge on any atom is 0.245 e. The predicted octanol–water partition coefficient (Wildman–Crippen LogP) is 0.781. The molecule has 0 aliphatic carbocycles. The molecule has 1 aromatic rings. The Labute approximate surface area is 163 Å². The molecule has 4 aliphatic heterocycles. The first-order chi connectivity index (χ1) is 13.2. The molecule has 1 N–H and O–H groups in total. The molecule has 5 rings (SSSR count). The number of hydrogen-bond acceptors (Lipinski definition) is 6. The second kappa shape index (κ2) is 7.05. The van der Waals surface area contributed by atoms with Crippen molar-refractivity contribution >= 4 is 28.3 Å². The largest absolute Gasteiger partial charge is 0.345 e. The maximum absolute atomic E-state index is 13.5. The normalized spacial score (nSPS) is 33.8. The quantitative estimate of drug-likeness (QED) is 0.810. The molecule has 146 valence electrons. The van der Waals surface area contributed by atoms with Crippen molar-refractivity contribution < 1.29 is 9.59 Å². The van der Waals surface area contributed by atoms with Crippen molar-refractivity contribution in [2.75, 3.05) is 44.2 Å². The van der Waals surface area contributed by atoms with Crippen LogP contribution < -0.4 is 10.2 Å². The number of nitrogens with one attached hydrogen (secondary N) is 1. The second-order valence-corrected chi connectivity index (χ2v) is 9.12. The lowest BCUT2D eigenvalue weighted by atomic mass is 9.72. The van der Waals surface area contributed by atoms with Gasteiger partial charge in [-0.1, -0.05) is 0 Å². The lowest BCUT2D eigenvalue weighted by Gasteiger charge is -2.54. The third-order valence-corrected chi connectivity index (χ3v) is 7.61. The van der Waals surface area contributed by atoms with E-state index in [0.717, 1.165) is 50.6 Å². The summed E-state index contributed by atoms with van der Waals surface area (Å²) in [5, 5.41) is 6.55. The van der Waals surface area contributed by atoms with E-state index in [9.17, 15) is 9.59 Å². The summed E-state index contributed by atoms with van der Waals surface area (Å²) in [6, 6.07) is -0.0147. The highest BCUT2D eigenvalue weighted by atomic mass is 32.1. The van der Waals surface area contributed by atoms with Gasteiger partial charge < -0.3 is 20.0 Å². The van der Waals surface area contributed by atoms with Crippen LogP contribution in [0.4, 0.5) is 5.13 Å². The molecule has 2 amide bonds. The molecular formula is C19H27N5O2S. The number of carbonyl (C=O) groups is 2. The first-order valence-corrected chi connectivity index (χ1v) is 11.1.